The van der Waals surface area contributed by atoms with Crippen LogP contribution in [0.15, 0.2) is 45.7 Å². The number of amides is 2. The summed E-state index contributed by atoms with van der Waals surface area (Å²) in [4.78, 5) is 54.7. The molecule has 0 unspecified atom stereocenters. The number of allylic oxidation sites excluding steroid dienone is 1. The SMILES string of the molecule is CO[C@@H](/C(=N/OCC(=O)NCCOCCOCCOCCOCCOCCOCCC(=O)NCCCCn1nc(-c2ccc3oc(N)nc3c2)c2c(N)ncnc21)[C@H](C)CC(C)C)[C@H](O)/C(C)=C/[C@@H](C)CC[C@@H](CCC1CCC(O)CC1)OC=O. The third-order valence-electron chi connectivity index (χ3n) is 14.7. The number of nitrogen functional groups attached to an aromatic ring is 2. The first-order valence-corrected chi connectivity index (χ1v) is 30.2. The molecule has 1 aromatic carbocycles. The Morgan fingerprint density at radius 1 is 0.835 bits per heavy atom. The third kappa shape index (κ3) is 25.9. The number of aliphatic hydroxyl groups is 2. The van der Waals surface area contributed by atoms with E-state index in [1.54, 1.807) is 10.7 Å². The lowest BCUT2D eigenvalue weighted by atomic mass is 9.83. The van der Waals surface area contributed by atoms with Gasteiger partial charge < -0.3 is 79.5 Å². The number of nitrogens with one attached hydrogen (secondary N) is 2. The van der Waals surface area contributed by atoms with Gasteiger partial charge in [-0.3, -0.25) is 14.4 Å². The minimum absolute atomic E-state index is 0.0868. The van der Waals surface area contributed by atoms with Crippen LogP contribution in [-0.4, -0.2) is 189 Å². The third-order valence-corrected chi connectivity index (χ3v) is 14.7. The van der Waals surface area contributed by atoms with Crippen LogP contribution in [0.25, 0.3) is 33.4 Å². The number of hydrogen-bond acceptors (Lipinski definition) is 22. The molecule has 1 aliphatic carbocycles. The number of oxime groups is 1. The van der Waals surface area contributed by atoms with Crippen LogP contribution in [0.1, 0.15) is 112 Å². The van der Waals surface area contributed by atoms with Gasteiger partial charge in [0.15, 0.2) is 17.8 Å². The largest absolute Gasteiger partial charge is 0.465 e. The first-order valence-electron chi connectivity index (χ1n) is 30.2. The van der Waals surface area contributed by atoms with Crippen LogP contribution in [0.3, 0.4) is 0 Å². The van der Waals surface area contributed by atoms with Crippen LogP contribution in [0.5, 0.6) is 0 Å². The maximum absolute atomic E-state index is 12.6. The molecule has 3 aromatic heterocycles. The number of ether oxygens (including phenoxy) is 8. The molecule has 3 heterocycles. The number of hydrogen-bond donors (Lipinski definition) is 6. The molecular formula is C60H96N10O15. The van der Waals surface area contributed by atoms with E-state index >= 15 is 0 Å². The van der Waals surface area contributed by atoms with Crippen molar-refractivity contribution >= 4 is 58.0 Å². The fraction of sp³-hybridized carbons (Fsp3) is 0.700. The molecule has 25 heteroatoms. The van der Waals surface area contributed by atoms with E-state index in [-0.39, 0.29) is 74.7 Å². The molecule has 8 N–H and O–H groups in total. The van der Waals surface area contributed by atoms with E-state index in [4.69, 9.17) is 63.7 Å². The number of aromatic nitrogens is 5. The molecule has 1 saturated carbocycles. The number of aryl methyl sites for hydroxylation is 1. The van der Waals surface area contributed by atoms with E-state index in [1.165, 1.54) is 13.4 Å². The van der Waals surface area contributed by atoms with Crippen molar-refractivity contribution in [2.75, 3.05) is 118 Å². The number of benzene rings is 1. The molecule has 2 amide bonds. The molecule has 0 radical (unpaired) electrons. The van der Waals surface area contributed by atoms with Gasteiger partial charge in [-0.05, 0) is 119 Å². The molecule has 5 rings (SSSR count). The molecule has 1 aliphatic rings. The van der Waals surface area contributed by atoms with Gasteiger partial charge in [0.25, 0.3) is 18.4 Å². The second kappa shape index (κ2) is 39.7. The Kier molecular flexibility index (Phi) is 32.7. The molecule has 0 aliphatic heterocycles. The normalized spacial score (nSPS) is 16.8. The number of methoxy groups -OCH3 is 1. The average Bonchev–Trinajstić information content (AvgIpc) is 1.98. The minimum atomic E-state index is -1.00. The summed E-state index contributed by atoms with van der Waals surface area (Å²) in [7, 11) is 1.53. The van der Waals surface area contributed by atoms with Gasteiger partial charge in [-0.1, -0.05) is 38.9 Å². The van der Waals surface area contributed by atoms with Gasteiger partial charge in [0.1, 0.15) is 41.7 Å². The van der Waals surface area contributed by atoms with E-state index in [9.17, 15) is 24.6 Å². The van der Waals surface area contributed by atoms with E-state index < -0.39 is 12.2 Å². The van der Waals surface area contributed by atoms with Gasteiger partial charge in [-0.25, -0.2) is 14.6 Å². The molecule has 476 valence electrons. The number of carbonyl (C=O) groups excluding carboxylic acids is 3. The summed E-state index contributed by atoms with van der Waals surface area (Å²) in [6.45, 7) is 16.2. The van der Waals surface area contributed by atoms with Crippen molar-refractivity contribution in [2.45, 2.75) is 143 Å². The summed E-state index contributed by atoms with van der Waals surface area (Å²) in [5, 5.41) is 36.9. The van der Waals surface area contributed by atoms with Gasteiger partial charge >= 0.3 is 0 Å². The summed E-state index contributed by atoms with van der Waals surface area (Å²) >= 11 is 0. The van der Waals surface area contributed by atoms with E-state index in [2.05, 4.69) is 51.5 Å². The first-order chi connectivity index (χ1) is 41.2. The second-order valence-corrected chi connectivity index (χ2v) is 22.1. The number of rotatable bonds is 46. The Labute approximate surface area is 499 Å². The van der Waals surface area contributed by atoms with Crippen LogP contribution in [0.2, 0.25) is 0 Å². The molecule has 85 heavy (non-hydrogen) atoms. The van der Waals surface area contributed by atoms with Crippen molar-refractivity contribution in [1.82, 2.24) is 35.4 Å². The molecular weight excluding hydrogens is 1100 g/mol. The van der Waals surface area contributed by atoms with Gasteiger partial charge in [-0.2, -0.15) is 10.1 Å². The van der Waals surface area contributed by atoms with Crippen molar-refractivity contribution < 1.29 is 71.7 Å². The molecule has 0 saturated heterocycles. The van der Waals surface area contributed by atoms with Crippen molar-refractivity contribution in [3.8, 4) is 11.3 Å². The molecule has 1 fully saturated rings. The number of fused-ring (bicyclic) bond motifs is 2. The zero-order valence-corrected chi connectivity index (χ0v) is 50.9. The monoisotopic (exact) mass is 1200 g/mol. The van der Waals surface area contributed by atoms with E-state index in [0.717, 1.165) is 75.3 Å². The van der Waals surface area contributed by atoms with Gasteiger partial charge in [0.05, 0.1) is 96.5 Å². The second-order valence-electron chi connectivity index (χ2n) is 22.1. The lowest BCUT2D eigenvalue weighted by Gasteiger charge is -2.28. The number of nitrogens with zero attached hydrogens (tertiary/aromatic N) is 6. The predicted molar refractivity (Wildman–Crippen MR) is 321 cm³/mol. The maximum Gasteiger partial charge on any atom is 0.293 e. The summed E-state index contributed by atoms with van der Waals surface area (Å²) in [6.07, 6.45) is 10.7. The van der Waals surface area contributed by atoms with Gasteiger partial charge in [0.2, 0.25) is 5.91 Å². The Bertz CT molecular complexity index is 2610. The molecule has 4 aromatic rings. The Balaban J connectivity index is 0.810. The standard InChI is InChI=1S/C60H96N10O15/c1-41(2)35-43(4)54(57(76-6)56(75)44(5)36-42(3)9-16-48(83-40-71)17-12-45-10-14-47(72)15-11-45)69-84-38-52(74)64-21-24-78-26-28-80-30-32-82-34-33-81-31-29-79-27-25-77-23-19-51(73)63-20-7-8-22-70-59-53(58(61)65-39-66-59)55(68-70)46-13-18-50-49(37-46)67-60(62)85-50/h13,18,36-37,39-43,45,47-48,56-57,72,75H,7-12,14-17,19-35,38H2,1-6H3,(H2,62,67)(H,63,73)(H,64,74)(H2,61,65,66)/b44-36+,69-54+/t42-,43+,45?,47?,48-,56+,57-/m0/s1. The molecule has 0 spiro atoms. The van der Waals surface area contributed by atoms with Gasteiger partial charge in [0, 0.05) is 44.6 Å². The Morgan fingerprint density at radius 2 is 1.48 bits per heavy atom. The lowest BCUT2D eigenvalue weighted by molar-refractivity contribution is -0.134. The van der Waals surface area contributed by atoms with Crippen LogP contribution in [0, 0.1) is 23.7 Å². The van der Waals surface area contributed by atoms with Crippen molar-refractivity contribution in [3.05, 3.63) is 36.2 Å². The lowest BCUT2D eigenvalue weighted by Crippen LogP contribution is -2.40. The summed E-state index contributed by atoms with van der Waals surface area (Å²) in [5.74, 6) is 0.757. The number of carbonyl (C=O) groups is 3. The van der Waals surface area contributed by atoms with Crippen molar-refractivity contribution in [3.63, 3.8) is 0 Å². The number of unbranched alkanes of at least 4 members (excludes halogenated alkanes) is 1. The smallest absolute Gasteiger partial charge is 0.293 e. The zero-order chi connectivity index (χ0) is 61.2. The van der Waals surface area contributed by atoms with Crippen LogP contribution in [0.4, 0.5) is 11.8 Å². The number of oxazole rings is 1. The van der Waals surface area contributed by atoms with Crippen molar-refractivity contribution in [1.29, 1.82) is 0 Å². The van der Waals surface area contributed by atoms with Gasteiger partial charge in [-0.15, -0.1) is 0 Å². The van der Waals surface area contributed by atoms with Crippen LogP contribution >= 0.6 is 0 Å². The zero-order valence-electron chi connectivity index (χ0n) is 50.9. The predicted octanol–water partition coefficient (Wildman–Crippen LogP) is 5.97. The topological polar surface area (TPSA) is 333 Å². The Hall–Kier alpha value is -5.90. The average molecular weight is 1200 g/mol. The summed E-state index contributed by atoms with van der Waals surface area (Å²) < 4.78 is 51.9. The highest BCUT2D eigenvalue weighted by Crippen LogP contribution is 2.33. The highest BCUT2D eigenvalue weighted by atomic mass is 16.6. The number of anilines is 2. The van der Waals surface area contributed by atoms with Crippen LogP contribution in [-0.2, 0) is 63.7 Å². The number of nitrogens with two attached hydrogens (primary N) is 2. The van der Waals surface area contributed by atoms with E-state index in [1.807, 2.05) is 32.1 Å². The summed E-state index contributed by atoms with van der Waals surface area (Å²) in [5.41, 5.74) is 16.4. The number of aliphatic hydroxyl groups excluding tert-OH is 2. The van der Waals surface area contributed by atoms with Crippen molar-refractivity contribution in [2.24, 2.45) is 28.8 Å². The quantitative estimate of drug-likeness (QED) is 0.00976. The Morgan fingerprint density at radius 3 is 2.13 bits per heavy atom. The fourth-order valence-corrected chi connectivity index (χ4v) is 10.2. The molecule has 5 atom stereocenters. The fourth-order valence-electron chi connectivity index (χ4n) is 10.2. The minimum Gasteiger partial charge on any atom is -0.465 e. The highest BCUT2D eigenvalue weighted by Gasteiger charge is 2.31. The van der Waals surface area contributed by atoms with E-state index in [0.29, 0.717) is 143 Å². The highest BCUT2D eigenvalue weighted by molar-refractivity contribution is 5.99. The maximum atomic E-state index is 12.6. The summed E-state index contributed by atoms with van der Waals surface area (Å²) in [6, 6.07) is 5.58. The molecule has 0 bridgehead atoms. The van der Waals surface area contributed by atoms with Crippen LogP contribution < -0.4 is 22.1 Å². The first kappa shape index (κ1) is 69.9. The molecule has 25 nitrogen and oxygen atoms in total.